The van der Waals surface area contributed by atoms with Gasteiger partial charge in [-0.1, -0.05) is 75.9 Å². The number of allylic oxidation sites excluding steroid dienone is 2. The van der Waals surface area contributed by atoms with Crippen LogP contribution in [0.4, 0.5) is 0 Å². The van der Waals surface area contributed by atoms with Gasteiger partial charge in [0.25, 0.3) is 0 Å². The normalized spacial score (nSPS) is 11.2. The summed E-state index contributed by atoms with van der Waals surface area (Å²) in [7, 11) is 0. The van der Waals surface area contributed by atoms with Crippen LogP contribution in [0.5, 0.6) is 5.75 Å². The molecule has 0 bridgehead atoms. The van der Waals surface area contributed by atoms with Crippen LogP contribution in [-0.2, 0) is 16.0 Å². The lowest BCUT2D eigenvalue weighted by atomic mass is 10.0. The van der Waals surface area contributed by atoms with Crippen molar-refractivity contribution in [2.75, 3.05) is 13.2 Å². The largest absolute Gasteiger partial charge is 0.423 e. The van der Waals surface area contributed by atoms with Gasteiger partial charge in [0.15, 0.2) is 11.6 Å². The van der Waals surface area contributed by atoms with E-state index in [4.69, 9.17) is 9.47 Å². The highest BCUT2D eigenvalue weighted by Crippen LogP contribution is 2.19. The first-order valence-electron chi connectivity index (χ1n) is 13.1. The van der Waals surface area contributed by atoms with Crippen LogP contribution in [0.15, 0.2) is 48.8 Å². The Bertz CT molecular complexity index is 816. The standard InChI is InChI=1S/C29H42N2O3/c1-3-5-6-7-8-9-10-13-16-28(32)34-27-23-30-29(31-24-27)26-19-17-25(18-20-26)15-12-11-14-22-33-21-4-2/h9-10,17-20,23-24H,3-8,11-16,21-22H2,1-2H3. The molecule has 5 nitrogen and oxygen atoms in total. The third kappa shape index (κ3) is 12.1. The summed E-state index contributed by atoms with van der Waals surface area (Å²) in [6.45, 7) is 6.08. The maximum atomic E-state index is 12.0. The van der Waals surface area contributed by atoms with Crippen LogP contribution >= 0.6 is 0 Å². The van der Waals surface area contributed by atoms with E-state index in [1.807, 2.05) is 0 Å². The van der Waals surface area contributed by atoms with Crippen molar-refractivity contribution in [3.8, 4) is 17.1 Å². The van der Waals surface area contributed by atoms with E-state index >= 15 is 0 Å². The predicted molar refractivity (Wildman–Crippen MR) is 139 cm³/mol. The van der Waals surface area contributed by atoms with Crippen molar-refractivity contribution in [1.29, 1.82) is 0 Å². The average molecular weight is 467 g/mol. The molecule has 0 saturated heterocycles. The number of rotatable bonds is 18. The molecule has 0 fully saturated rings. The number of aryl methyl sites for hydroxylation is 1. The Hall–Kier alpha value is -2.53. The first kappa shape index (κ1) is 27.7. The molecule has 1 heterocycles. The van der Waals surface area contributed by atoms with Gasteiger partial charge in [0.05, 0.1) is 12.4 Å². The summed E-state index contributed by atoms with van der Waals surface area (Å²) in [4.78, 5) is 20.8. The maximum absolute atomic E-state index is 12.0. The average Bonchev–Trinajstić information content (AvgIpc) is 2.86. The number of unbranched alkanes of at least 4 members (excludes halogenated alkanes) is 6. The number of ether oxygens (including phenoxy) is 2. The van der Waals surface area contributed by atoms with Crippen molar-refractivity contribution in [1.82, 2.24) is 9.97 Å². The van der Waals surface area contributed by atoms with E-state index in [2.05, 4.69) is 60.2 Å². The molecule has 0 spiro atoms. The second-order valence-corrected chi connectivity index (χ2v) is 8.70. The van der Waals surface area contributed by atoms with E-state index in [0.29, 0.717) is 24.4 Å². The van der Waals surface area contributed by atoms with Crippen LogP contribution in [0.25, 0.3) is 11.4 Å². The lowest BCUT2D eigenvalue weighted by molar-refractivity contribution is -0.134. The molecule has 0 aliphatic carbocycles. The first-order chi connectivity index (χ1) is 16.7. The molecule has 0 unspecified atom stereocenters. The lowest BCUT2D eigenvalue weighted by Crippen LogP contribution is -2.07. The van der Waals surface area contributed by atoms with E-state index in [1.54, 1.807) is 12.4 Å². The minimum atomic E-state index is -0.256. The second kappa shape index (κ2) is 17.9. The smallest absolute Gasteiger partial charge is 0.311 e. The monoisotopic (exact) mass is 466 g/mol. The SMILES string of the molecule is CCCCCCC=CCCC(=O)Oc1cnc(-c2ccc(CCCCCOCCC)cc2)nc1. The van der Waals surface area contributed by atoms with Crippen LogP contribution in [-0.4, -0.2) is 29.2 Å². The fourth-order valence-corrected chi connectivity index (χ4v) is 3.60. The van der Waals surface area contributed by atoms with Crippen LogP contribution in [0.1, 0.15) is 90.0 Å². The van der Waals surface area contributed by atoms with E-state index in [9.17, 15) is 4.79 Å². The van der Waals surface area contributed by atoms with Gasteiger partial charge in [-0.2, -0.15) is 0 Å². The van der Waals surface area contributed by atoms with Gasteiger partial charge in [0, 0.05) is 25.2 Å². The van der Waals surface area contributed by atoms with E-state index in [1.165, 1.54) is 44.1 Å². The zero-order chi connectivity index (χ0) is 24.3. The van der Waals surface area contributed by atoms with Gasteiger partial charge >= 0.3 is 5.97 Å². The molecular weight excluding hydrogens is 424 g/mol. The number of hydrogen-bond donors (Lipinski definition) is 0. The third-order valence-electron chi connectivity index (χ3n) is 5.58. The highest BCUT2D eigenvalue weighted by Gasteiger charge is 2.07. The van der Waals surface area contributed by atoms with Gasteiger partial charge in [-0.15, -0.1) is 0 Å². The predicted octanol–water partition coefficient (Wildman–Crippen LogP) is 7.50. The van der Waals surface area contributed by atoms with Crippen molar-refractivity contribution in [2.45, 2.75) is 90.9 Å². The Morgan fingerprint density at radius 2 is 1.56 bits per heavy atom. The van der Waals surface area contributed by atoms with Gasteiger partial charge in [0.1, 0.15) is 0 Å². The number of carbonyl (C=O) groups is 1. The number of benzene rings is 1. The van der Waals surface area contributed by atoms with E-state index in [0.717, 1.165) is 44.5 Å². The molecule has 0 amide bonds. The molecule has 0 N–H and O–H groups in total. The highest BCUT2D eigenvalue weighted by atomic mass is 16.5. The van der Waals surface area contributed by atoms with Crippen molar-refractivity contribution in [3.63, 3.8) is 0 Å². The van der Waals surface area contributed by atoms with Crippen LogP contribution < -0.4 is 4.74 Å². The molecule has 5 heteroatoms. The fourth-order valence-electron chi connectivity index (χ4n) is 3.60. The number of hydrogen-bond acceptors (Lipinski definition) is 5. The molecule has 34 heavy (non-hydrogen) atoms. The van der Waals surface area contributed by atoms with E-state index in [-0.39, 0.29) is 5.97 Å². The number of esters is 1. The van der Waals surface area contributed by atoms with Crippen molar-refractivity contribution < 1.29 is 14.3 Å². The molecule has 2 aromatic rings. The number of carbonyl (C=O) groups excluding carboxylic acids is 1. The molecule has 1 aromatic heterocycles. The van der Waals surface area contributed by atoms with Crippen molar-refractivity contribution >= 4 is 5.97 Å². The Morgan fingerprint density at radius 3 is 2.29 bits per heavy atom. The van der Waals surface area contributed by atoms with E-state index < -0.39 is 0 Å². The molecule has 186 valence electrons. The lowest BCUT2D eigenvalue weighted by Gasteiger charge is -2.06. The minimum absolute atomic E-state index is 0.256. The molecular formula is C29H42N2O3. The van der Waals surface area contributed by atoms with Crippen molar-refractivity contribution in [3.05, 3.63) is 54.4 Å². The Kier molecular flexibility index (Phi) is 14.6. The first-order valence-corrected chi connectivity index (χ1v) is 13.1. The molecule has 1 aromatic carbocycles. The summed E-state index contributed by atoms with van der Waals surface area (Å²) >= 11 is 0. The van der Waals surface area contributed by atoms with Gasteiger partial charge in [0.2, 0.25) is 0 Å². The summed E-state index contributed by atoms with van der Waals surface area (Å²) < 4.78 is 10.9. The van der Waals surface area contributed by atoms with Gasteiger partial charge in [-0.05, 0) is 50.5 Å². The van der Waals surface area contributed by atoms with Crippen LogP contribution in [0.2, 0.25) is 0 Å². The minimum Gasteiger partial charge on any atom is -0.423 e. The van der Waals surface area contributed by atoms with Gasteiger partial charge in [-0.25, -0.2) is 9.97 Å². The zero-order valence-electron chi connectivity index (χ0n) is 21.1. The molecule has 0 radical (unpaired) electrons. The molecule has 2 rings (SSSR count). The van der Waals surface area contributed by atoms with Gasteiger partial charge < -0.3 is 9.47 Å². The highest BCUT2D eigenvalue weighted by molar-refractivity contribution is 5.72. The van der Waals surface area contributed by atoms with Crippen molar-refractivity contribution in [2.24, 2.45) is 0 Å². The molecule has 0 aliphatic heterocycles. The fraction of sp³-hybridized carbons (Fsp3) is 0.552. The van der Waals surface area contributed by atoms with Crippen LogP contribution in [0, 0.1) is 0 Å². The quantitative estimate of drug-likeness (QED) is 0.129. The number of nitrogens with zero attached hydrogens (tertiary/aromatic N) is 2. The maximum Gasteiger partial charge on any atom is 0.311 e. The summed E-state index contributed by atoms with van der Waals surface area (Å²) in [5.74, 6) is 0.760. The Balaban J connectivity index is 1.67. The topological polar surface area (TPSA) is 61.3 Å². The Morgan fingerprint density at radius 1 is 0.824 bits per heavy atom. The summed E-state index contributed by atoms with van der Waals surface area (Å²) in [5.41, 5.74) is 2.28. The Labute approximate surface area is 206 Å². The molecule has 0 aliphatic rings. The third-order valence-corrected chi connectivity index (χ3v) is 5.58. The summed E-state index contributed by atoms with van der Waals surface area (Å²) in [6, 6.07) is 8.37. The molecule has 0 atom stereocenters. The van der Waals surface area contributed by atoms with Crippen LogP contribution in [0.3, 0.4) is 0 Å². The molecule has 0 saturated carbocycles. The summed E-state index contributed by atoms with van der Waals surface area (Å²) in [5, 5.41) is 0. The second-order valence-electron chi connectivity index (χ2n) is 8.70. The van der Waals surface area contributed by atoms with Gasteiger partial charge in [-0.3, -0.25) is 4.79 Å². The number of aromatic nitrogens is 2. The zero-order valence-corrected chi connectivity index (χ0v) is 21.1. The summed E-state index contributed by atoms with van der Waals surface area (Å²) in [6.07, 6.45) is 20.2.